The minimum atomic E-state index is -4.43. The van der Waals surface area contributed by atoms with Crippen LogP contribution in [-0.2, 0) is 6.18 Å². The topological polar surface area (TPSA) is 49.3 Å². The Morgan fingerprint density at radius 1 is 1.10 bits per heavy atom. The number of halogens is 4. The first-order valence-electron chi connectivity index (χ1n) is 5.74. The maximum atomic E-state index is 12.4. The Balaban J connectivity index is 2.18. The van der Waals surface area contributed by atoms with E-state index in [0.29, 0.717) is 4.47 Å². The van der Waals surface area contributed by atoms with Gasteiger partial charge in [0.2, 0.25) is 0 Å². The van der Waals surface area contributed by atoms with Crippen molar-refractivity contribution in [3.63, 3.8) is 0 Å². The summed E-state index contributed by atoms with van der Waals surface area (Å²) in [5.74, 6) is -0.837. The molecule has 0 aliphatic rings. The summed E-state index contributed by atoms with van der Waals surface area (Å²) < 4.78 is 37.9. The number of hydrogen-bond acceptors (Lipinski definition) is 2. The number of benzene rings is 2. The van der Waals surface area contributed by atoms with Gasteiger partial charge in [0.05, 0.1) is 11.1 Å². The first-order valence-corrected chi connectivity index (χ1v) is 6.54. The second-order valence-corrected chi connectivity index (χ2v) is 5.11. The first kappa shape index (κ1) is 15.4. The number of anilines is 1. The summed E-state index contributed by atoms with van der Waals surface area (Å²) in [4.78, 5) is 12.0. The molecule has 0 aliphatic carbocycles. The zero-order valence-electron chi connectivity index (χ0n) is 10.4. The average Bonchev–Trinajstić information content (AvgIpc) is 2.41. The molecule has 3 nitrogen and oxygen atoms in total. The maximum absolute atomic E-state index is 12.4. The van der Waals surface area contributed by atoms with Crippen LogP contribution in [0.4, 0.5) is 18.9 Å². The number of carbonyl (C=O) groups is 1. The van der Waals surface area contributed by atoms with Crippen LogP contribution in [0.15, 0.2) is 46.9 Å². The molecule has 7 heteroatoms. The van der Waals surface area contributed by atoms with E-state index in [0.717, 1.165) is 24.3 Å². The van der Waals surface area contributed by atoms with E-state index in [1.165, 1.54) is 12.1 Å². The van der Waals surface area contributed by atoms with Gasteiger partial charge in [0.15, 0.2) is 0 Å². The van der Waals surface area contributed by atoms with Crippen molar-refractivity contribution in [1.29, 1.82) is 0 Å². The van der Waals surface area contributed by atoms with E-state index in [-0.39, 0.29) is 17.0 Å². The standard InChI is InChI=1S/C14H9BrF3NO2/c15-9-3-6-12(20)11(7-9)13(21)19-10-4-1-8(2-5-10)14(16,17)18/h1-7,20H,(H,19,21). The molecule has 110 valence electrons. The van der Waals surface area contributed by atoms with Crippen molar-refractivity contribution >= 4 is 27.5 Å². The van der Waals surface area contributed by atoms with Crippen LogP contribution in [0.3, 0.4) is 0 Å². The number of aromatic hydroxyl groups is 1. The monoisotopic (exact) mass is 359 g/mol. The molecule has 2 aromatic carbocycles. The minimum absolute atomic E-state index is 0.0178. The molecule has 0 atom stereocenters. The number of amides is 1. The zero-order valence-corrected chi connectivity index (χ0v) is 12.0. The highest BCUT2D eigenvalue weighted by molar-refractivity contribution is 9.10. The lowest BCUT2D eigenvalue weighted by Crippen LogP contribution is -2.12. The predicted molar refractivity (Wildman–Crippen MR) is 75.2 cm³/mol. The van der Waals surface area contributed by atoms with E-state index >= 15 is 0 Å². The quantitative estimate of drug-likeness (QED) is 0.833. The number of phenols is 1. The minimum Gasteiger partial charge on any atom is -0.507 e. The fourth-order valence-corrected chi connectivity index (χ4v) is 1.99. The Bertz CT molecular complexity index is 669. The molecule has 0 saturated heterocycles. The molecule has 0 fully saturated rings. The Hall–Kier alpha value is -2.02. The maximum Gasteiger partial charge on any atom is 0.416 e. The average molecular weight is 360 g/mol. The lowest BCUT2D eigenvalue weighted by molar-refractivity contribution is -0.137. The van der Waals surface area contributed by atoms with Gasteiger partial charge in [-0.1, -0.05) is 15.9 Å². The van der Waals surface area contributed by atoms with Crippen LogP contribution in [0, 0.1) is 0 Å². The molecular weight excluding hydrogens is 351 g/mol. The number of phenolic OH excluding ortho intramolecular Hbond substituents is 1. The van der Waals surface area contributed by atoms with Gasteiger partial charge in [-0.3, -0.25) is 4.79 Å². The Morgan fingerprint density at radius 3 is 2.29 bits per heavy atom. The molecule has 0 radical (unpaired) electrons. The molecule has 2 rings (SSSR count). The van der Waals surface area contributed by atoms with E-state index in [9.17, 15) is 23.1 Å². The SMILES string of the molecule is O=C(Nc1ccc(C(F)(F)F)cc1)c1cc(Br)ccc1O. The van der Waals surface area contributed by atoms with Gasteiger partial charge in [-0.15, -0.1) is 0 Å². The molecule has 0 spiro atoms. The number of alkyl halides is 3. The van der Waals surface area contributed by atoms with Crippen LogP contribution in [0.25, 0.3) is 0 Å². The fraction of sp³-hybridized carbons (Fsp3) is 0.0714. The summed E-state index contributed by atoms with van der Waals surface area (Å²) >= 11 is 3.17. The van der Waals surface area contributed by atoms with Crippen molar-refractivity contribution in [3.8, 4) is 5.75 Å². The van der Waals surface area contributed by atoms with Crippen molar-refractivity contribution in [2.75, 3.05) is 5.32 Å². The molecule has 0 aliphatic heterocycles. The van der Waals surface area contributed by atoms with Crippen LogP contribution in [-0.4, -0.2) is 11.0 Å². The third kappa shape index (κ3) is 3.75. The largest absolute Gasteiger partial charge is 0.507 e. The molecular formula is C14H9BrF3NO2. The number of carbonyl (C=O) groups excluding carboxylic acids is 1. The van der Waals surface area contributed by atoms with Crippen molar-refractivity contribution in [2.45, 2.75) is 6.18 Å². The molecule has 0 saturated carbocycles. The van der Waals surface area contributed by atoms with Crippen LogP contribution in [0.5, 0.6) is 5.75 Å². The highest BCUT2D eigenvalue weighted by Crippen LogP contribution is 2.30. The van der Waals surface area contributed by atoms with Crippen molar-refractivity contribution < 1.29 is 23.1 Å². The van der Waals surface area contributed by atoms with Crippen molar-refractivity contribution in [1.82, 2.24) is 0 Å². The van der Waals surface area contributed by atoms with Crippen LogP contribution in [0.2, 0.25) is 0 Å². The second-order valence-electron chi connectivity index (χ2n) is 4.19. The first-order chi connectivity index (χ1) is 9.77. The normalized spacial score (nSPS) is 11.2. The summed E-state index contributed by atoms with van der Waals surface area (Å²) in [5.41, 5.74) is -0.581. The van der Waals surface area contributed by atoms with Crippen LogP contribution >= 0.6 is 15.9 Å². The molecule has 0 heterocycles. The van der Waals surface area contributed by atoms with Crippen molar-refractivity contribution in [2.24, 2.45) is 0 Å². The van der Waals surface area contributed by atoms with E-state index in [4.69, 9.17) is 0 Å². The summed E-state index contributed by atoms with van der Waals surface area (Å²) in [5, 5.41) is 12.0. The van der Waals surface area contributed by atoms with Crippen molar-refractivity contribution in [3.05, 3.63) is 58.1 Å². The Labute approximate surface area is 126 Å². The molecule has 2 N–H and O–H groups in total. The van der Waals surface area contributed by atoms with Gasteiger partial charge >= 0.3 is 6.18 Å². The lowest BCUT2D eigenvalue weighted by Gasteiger charge is -2.09. The van der Waals surface area contributed by atoms with E-state index < -0.39 is 17.6 Å². The second kappa shape index (κ2) is 5.77. The Morgan fingerprint density at radius 2 is 1.71 bits per heavy atom. The van der Waals surface area contributed by atoms with Gasteiger partial charge in [-0.05, 0) is 42.5 Å². The zero-order chi connectivity index (χ0) is 15.6. The number of hydrogen-bond donors (Lipinski definition) is 2. The number of nitrogens with one attached hydrogen (secondary N) is 1. The van der Waals surface area contributed by atoms with Gasteiger partial charge in [0, 0.05) is 10.2 Å². The molecule has 0 aromatic heterocycles. The summed E-state index contributed by atoms with van der Waals surface area (Å²) in [6.07, 6.45) is -4.43. The van der Waals surface area contributed by atoms with Gasteiger partial charge < -0.3 is 10.4 Å². The molecule has 1 amide bonds. The summed E-state index contributed by atoms with van der Waals surface area (Å²) in [7, 11) is 0. The van der Waals surface area contributed by atoms with E-state index in [1.807, 2.05) is 0 Å². The van der Waals surface area contributed by atoms with E-state index in [1.54, 1.807) is 6.07 Å². The van der Waals surface area contributed by atoms with Gasteiger partial charge in [0.25, 0.3) is 5.91 Å². The van der Waals surface area contributed by atoms with Gasteiger partial charge in [-0.25, -0.2) is 0 Å². The fourth-order valence-electron chi connectivity index (χ4n) is 1.63. The highest BCUT2D eigenvalue weighted by Gasteiger charge is 2.30. The molecule has 2 aromatic rings. The molecule has 21 heavy (non-hydrogen) atoms. The third-order valence-electron chi connectivity index (χ3n) is 2.67. The molecule has 0 unspecified atom stereocenters. The van der Waals surface area contributed by atoms with Crippen LogP contribution < -0.4 is 5.32 Å². The highest BCUT2D eigenvalue weighted by atomic mass is 79.9. The van der Waals surface area contributed by atoms with Gasteiger partial charge in [0.1, 0.15) is 5.75 Å². The third-order valence-corrected chi connectivity index (χ3v) is 3.17. The van der Waals surface area contributed by atoms with Crippen LogP contribution in [0.1, 0.15) is 15.9 Å². The molecule has 0 bridgehead atoms. The van der Waals surface area contributed by atoms with E-state index in [2.05, 4.69) is 21.2 Å². The predicted octanol–water partition coefficient (Wildman–Crippen LogP) is 4.43. The lowest BCUT2D eigenvalue weighted by atomic mass is 10.1. The summed E-state index contributed by atoms with van der Waals surface area (Å²) in [6.45, 7) is 0. The summed E-state index contributed by atoms with van der Waals surface area (Å²) in [6, 6.07) is 8.35. The smallest absolute Gasteiger partial charge is 0.416 e. The Kier molecular flexibility index (Phi) is 4.22. The van der Waals surface area contributed by atoms with Gasteiger partial charge in [-0.2, -0.15) is 13.2 Å². The number of rotatable bonds is 2.